The van der Waals surface area contributed by atoms with Gasteiger partial charge in [-0.1, -0.05) is 6.07 Å². The molecule has 122 valence electrons. The van der Waals surface area contributed by atoms with Crippen molar-refractivity contribution in [2.45, 2.75) is 38.5 Å². The number of nitrogens with zero attached hydrogens (tertiary/aromatic N) is 1. The molecule has 0 saturated carbocycles. The summed E-state index contributed by atoms with van der Waals surface area (Å²) in [6.07, 6.45) is 0.0669. The van der Waals surface area contributed by atoms with E-state index in [0.29, 0.717) is 24.5 Å². The second kappa shape index (κ2) is 5.68. The van der Waals surface area contributed by atoms with Gasteiger partial charge < -0.3 is 19.3 Å². The molecule has 1 aliphatic heterocycles. The molecule has 6 nitrogen and oxygen atoms in total. The maximum Gasteiger partial charge on any atom is 0.412 e. The highest BCUT2D eigenvalue weighted by atomic mass is 16.6. The van der Waals surface area contributed by atoms with E-state index in [1.54, 1.807) is 35.0 Å². The molecule has 1 N–H and O–H groups in total. The molecule has 22 heavy (non-hydrogen) atoms. The summed E-state index contributed by atoms with van der Waals surface area (Å²) < 4.78 is 15.7. The predicted molar refractivity (Wildman–Crippen MR) is 81.1 cm³/mol. The van der Waals surface area contributed by atoms with Crippen LogP contribution in [0.4, 0.5) is 4.79 Å². The van der Waals surface area contributed by atoms with E-state index in [2.05, 4.69) is 0 Å². The van der Waals surface area contributed by atoms with Gasteiger partial charge in [0, 0.05) is 6.54 Å². The maximum atomic E-state index is 11.9. The van der Waals surface area contributed by atoms with Crippen molar-refractivity contribution in [2.75, 3.05) is 20.8 Å². The lowest BCUT2D eigenvalue weighted by molar-refractivity contribution is -0.126. The van der Waals surface area contributed by atoms with Gasteiger partial charge in [0.2, 0.25) is 0 Å². The van der Waals surface area contributed by atoms with Gasteiger partial charge in [-0.25, -0.2) is 4.79 Å². The molecule has 1 unspecified atom stereocenters. The first kappa shape index (κ1) is 16.4. The van der Waals surface area contributed by atoms with Gasteiger partial charge in [-0.2, -0.15) is 0 Å². The number of hydrogen-bond donors (Lipinski definition) is 1. The maximum absolute atomic E-state index is 11.9. The normalized spacial score (nSPS) is 23.4. The van der Waals surface area contributed by atoms with Crippen LogP contribution in [0.25, 0.3) is 0 Å². The minimum absolute atomic E-state index is 0.352. The Bertz CT molecular complexity index is 568. The van der Waals surface area contributed by atoms with Crippen molar-refractivity contribution in [3.63, 3.8) is 0 Å². The standard InChI is InChI=1S/C16H23NO5/c1-15(2)16(3,19)17(14(18)22-15)9-8-11-6-7-12(20-4)13(10-11)21-5/h6-7,10,19H,8-9H2,1-5H3. The Morgan fingerprint density at radius 3 is 2.32 bits per heavy atom. The number of methoxy groups -OCH3 is 2. The van der Waals surface area contributed by atoms with E-state index in [1.807, 2.05) is 18.2 Å². The fourth-order valence-electron chi connectivity index (χ4n) is 2.46. The van der Waals surface area contributed by atoms with E-state index < -0.39 is 17.4 Å². The summed E-state index contributed by atoms with van der Waals surface area (Å²) in [5, 5.41) is 10.5. The summed E-state index contributed by atoms with van der Waals surface area (Å²) in [4.78, 5) is 13.3. The van der Waals surface area contributed by atoms with Crippen molar-refractivity contribution >= 4 is 6.09 Å². The van der Waals surface area contributed by atoms with Gasteiger partial charge in [0.25, 0.3) is 0 Å². The number of rotatable bonds is 5. The third-order valence-electron chi connectivity index (χ3n) is 4.30. The third-order valence-corrected chi connectivity index (χ3v) is 4.30. The van der Waals surface area contributed by atoms with Crippen LogP contribution < -0.4 is 9.47 Å². The number of amides is 1. The molecule has 0 radical (unpaired) electrons. The van der Waals surface area contributed by atoms with Crippen molar-refractivity contribution in [1.29, 1.82) is 0 Å². The molecule has 2 rings (SSSR count). The number of aliphatic hydroxyl groups is 1. The van der Waals surface area contributed by atoms with E-state index in [9.17, 15) is 9.90 Å². The fourth-order valence-corrected chi connectivity index (χ4v) is 2.46. The van der Waals surface area contributed by atoms with Gasteiger partial charge in [0.15, 0.2) is 22.8 Å². The van der Waals surface area contributed by atoms with Gasteiger partial charge in [-0.05, 0) is 44.9 Å². The molecular formula is C16H23NO5. The summed E-state index contributed by atoms with van der Waals surface area (Å²) in [5.74, 6) is 1.29. The molecule has 1 aromatic rings. The Hall–Kier alpha value is -1.95. The summed E-state index contributed by atoms with van der Waals surface area (Å²) in [6, 6.07) is 5.58. The lowest BCUT2D eigenvalue weighted by Crippen LogP contribution is -2.54. The van der Waals surface area contributed by atoms with E-state index in [0.717, 1.165) is 5.56 Å². The zero-order valence-corrected chi connectivity index (χ0v) is 13.7. The van der Waals surface area contributed by atoms with Gasteiger partial charge in [-0.15, -0.1) is 0 Å². The molecule has 1 aliphatic rings. The summed E-state index contributed by atoms with van der Waals surface area (Å²) in [5.41, 5.74) is -1.31. The number of cyclic esters (lactones) is 1. The number of carbonyl (C=O) groups is 1. The lowest BCUT2D eigenvalue weighted by Gasteiger charge is -2.34. The molecule has 0 bridgehead atoms. The smallest absolute Gasteiger partial charge is 0.412 e. The van der Waals surface area contributed by atoms with Crippen LogP contribution >= 0.6 is 0 Å². The molecule has 1 fully saturated rings. The number of hydrogen-bond acceptors (Lipinski definition) is 5. The first-order valence-electron chi connectivity index (χ1n) is 7.17. The summed E-state index contributed by atoms with van der Waals surface area (Å²) in [7, 11) is 3.16. The number of ether oxygens (including phenoxy) is 3. The van der Waals surface area contributed by atoms with Crippen molar-refractivity contribution in [3.8, 4) is 11.5 Å². The molecule has 1 atom stereocenters. The average molecular weight is 309 g/mol. The van der Waals surface area contributed by atoms with Crippen molar-refractivity contribution in [2.24, 2.45) is 0 Å². The van der Waals surface area contributed by atoms with E-state index in [4.69, 9.17) is 14.2 Å². The molecular weight excluding hydrogens is 286 g/mol. The van der Waals surface area contributed by atoms with Gasteiger partial charge in [0.05, 0.1) is 14.2 Å². The van der Waals surface area contributed by atoms with Gasteiger partial charge in [-0.3, -0.25) is 4.90 Å². The lowest BCUT2D eigenvalue weighted by atomic mass is 9.95. The minimum atomic E-state index is -1.35. The molecule has 1 saturated heterocycles. The average Bonchev–Trinajstić information content (AvgIpc) is 2.61. The number of carbonyl (C=O) groups excluding carboxylic acids is 1. The fraction of sp³-hybridized carbons (Fsp3) is 0.562. The SMILES string of the molecule is COc1ccc(CCN2C(=O)OC(C)(C)C2(C)O)cc1OC. The Kier molecular flexibility index (Phi) is 4.24. The second-order valence-electron chi connectivity index (χ2n) is 5.99. The highest BCUT2D eigenvalue weighted by Crippen LogP contribution is 2.37. The predicted octanol–water partition coefficient (Wildman–Crippen LogP) is 2.19. The molecule has 0 aliphatic carbocycles. The minimum Gasteiger partial charge on any atom is -0.493 e. The third kappa shape index (κ3) is 2.70. The monoisotopic (exact) mass is 309 g/mol. The molecule has 0 spiro atoms. The van der Waals surface area contributed by atoms with Crippen LogP contribution in [0.3, 0.4) is 0 Å². The van der Waals surface area contributed by atoms with Crippen LogP contribution in [0, 0.1) is 0 Å². The van der Waals surface area contributed by atoms with Crippen LogP contribution in [0.5, 0.6) is 11.5 Å². The van der Waals surface area contributed by atoms with Gasteiger partial charge >= 0.3 is 6.09 Å². The molecule has 6 heteroatoms. The Morgan fingerprint density at radius 2 is 1.82 bits per heavy atom. The van der Waals surface area contributed by atoms with Crippen LogP contribution in [-0.4, -0.2) is 48.2 Å². The van der Waals surface area contributed by atoms with Crippen molar-refractivity contribution in [1.82, 2.24) is 4.90 Å². The van der Waals surface area contributed by atoms with Crippen molar-refractivity contribution < 1.29 is 24.1 Å². The summed E-state index contributed by atoms with van der Waals surface area (Å²) >= 11 is 0. The molecule has 1 aromatic carbocycles. The summed E-state index contributed by atoms with van der Waals surface area (Å²) in [6.45, 7) is 5.33. The van der Waals surface area contributed by atoms with Crippen molar-refractivity contribution in [3.05, 3.63) is 23.8 Å². The topological polar surface area (TPSA) is 68.2 Å². The quantitative estimate of drug-likeness (QED) is 0.903. The largest absolute Gasteiger partial charge is 0.493 e. The molecule has 1 heterocycles. The second-order valence-corrected chi connectivity index (χ2v) is 5.99. The highest BCUT2D eigenvalue weighted by Gasteiger charge is 2.56. The highest BCUT2D eigenvalue weighted by molar-refractivity contribution is 5.72. The van der Waals surface area contributed by atoms with E-state index >= 15 is 0 Å². The van der Waals surface area contributed by atoms with Crippen LogP contribution in [0.2, 0.25) is 0 Å². The zero-order valence-electron chi connectivity index (χ0n) is 13.7. The first-order chi connectivity index (χ1) is 10.2. The van der Waals surface area contributed by atoms with E-state index in [-0.39, 0.29) is 0 Å². The Balaban J connectivity index is 2.12. The molecule has 0 aromatic heterocycles. The van der Waals surface area contributed by atoms with Gasteiger partial charge in [0.1, 0.15) is 0 Å². The zero-order chi connectivity index (χ0) is 16.5. The Morgan fingerprint density at radius 1 is 1.18 bits per heavy atom. The molecule has 1 amide bonds. The first-order valence-corrected chi connectivity index (χ1v) is 7.17. The van der Waals surface area contributed by atoms with Crippen LogP contribution in [0.15, 0.2) is 18.2 Å². The van der Waals surface area contributed by atoms with Crippen LogP contribution in [0.1, 0.15) is 26.3 Å². The van der Waals surface area contributed by atoms with E-state index in [1.165, 1.54) is 4.90 Å². The van der Waals surface area contributed by atoms with Crippen LogP contribution in [-0.2, 0) is 11.2 Å². The number of benzene rings is 1. The Labute approximate surface area is 130 Å².